The molecule has 5 nitrogen and oxygen atoms in total. The van der Waals surface area contributed by atoms with Gasteiger partial charge in [0, 0.05) is 46.3 Å². The van der Waals surface area contributed by atoms with Crippen LogP contribution in [0.4, 0.5) is 0 Å². The van der Waals surface area contributed by atoms with E-state index in [2.05, 4.69) is 15.2 Å². The molecule has 0 spiro atoms. The second-order valence-electron chi connectivity index (χ2n) is 4.23. The van der Waals surface area contributed by atoms with Crippen LogP contribution < -0.4 is 5.32 Å². The van der Waals surface area contributed by atoms with Crippen molar-refractivity contribution in [3.8, 4) is 0 Å². The summed E-state index contributed by atoms with van der Waals surface area (Å²) < 4.78 is 10.5. The highest BCUT2D eigenvalue weighted by Gasteiger charge is 2.24. The van der Waals surface area contributed by atoms with Crippen molar-refractivity contribution in [2.45, 2.75) is 13.3 Å². The first-order valence-electron chi connectivity index (χ1n) is 6.34. The fourth-order valence-corrected chi connectivity index (χ4v) is 2.11. The van der Waals surface area contributed by atoms with Crippen LogP contribution in [0.5, 0.6) is 0 Å². The van der Waals surface area contributed by atoms with Gasteiger partial charge in [0.15, 0.2) is 5.96 Å². The Morgan fingerprint density at radius 2 is 2.28 bits per heavy atom. The molecular formula is C12H26IN3O2. The highest BCUT2D eigenvalue weighted by atomic mass is 127. The van der Waals surface area contributed by atoms with Gasteiger partial charge in [0.2, 0.25) is 0 Å². The molecule has 0 aliphatic carbocycles. The minimum Gasteiger partial charge on any atom is -0.384 e. The van der Waals surface area contributed by atoms with E-state index in [1.807, 2.05) is 14.0 Å². The zero-order chi connectivity index (χ0) is 12.5. The second-order valence-corrected chi connectivity index (χ2v) is 4.23. The number of rotatable bonds is 6. The molecule has 0 amide bonds. The summed E-state index contributed by atoms with van der Waals surface area (Å²) >= 11 is 0. The molecule has 0 aromatic rings. The largest absolute Gasteiger partial charge is 0.384 e. The lowest BCUT2D eigenvalue weighted by atomic mass is 10.1. The van der Waals surface area contributed by atoms with Crippen molar-refractivity contribution in [1.29, 1.82) is 0 Å². The Morgan fingerprint density at radius 3 is 2.89 bits per heavy atom. The van der Waals surface area contributed by atoms with Gasteiger partial charge in [0.05, 0.1) is 13.2 Å². The van der Waals surface area contributed by atoms with Crippen LogP contribution in [-0.4, -0.2) is 64.5 Å². The number of hydrogen-bond acceptors (Lipinski definition) is 3. The number of guanidine groups is 1. The highest BCUT2D eigenvalue weighted by molar-refractivity contribution is 14.0. The van der Waals surface area contributed by atoms with E-state index in [0.29, 0.717) is 5.92 Å². The van der Waals surface area contributed by atoms with E-state index in [1.165, 1.54) is 6.42 Å². The molecule has 1 saturated heterocycles. The smallest absolute Gasteiger partial charge is 0.193 e. The van der Waals surface area contributed by atoms with E-state index in [0.717, 1.165) is 45.4 Å². The number of nitrogens with zero attached hydrogens (tertiary/aromatic N) is 2. The summed E-state index contributed by atoms with van der Waals surface area (Å²) in [4.78, 5) is 6.58. The number of hydrogen-bond donors (Lipinski definition) is 1. The third-order valence-electron chi connectivity index (χ3n) is 2.93. The minimum atomic E-state index is 0. The third-order valence-corrected chi connectivity index (χ3v) is 2.93. The predicted octanol–water partition coefficient (Wildman–Crippen LogP) is 1.18. The van der Waals surface area contributed by atoms with E-state index in [-0.39, 0.29) is 24.0 Å². The summed E-state index contributed by atoms with van der Waals surface area (Å²) in [5.41, 5.74) is 0. The minimum absolute atomic E-state index is 0. The molecule has 1 heterocycles. The van der Waals surface area contributed by atoms with Crippen molar-refractivity contribution < 1.29 is 9.47 Å². The van der Waals surface area contributed by atoms with Crippen LogP contribution in [0, 0.1) is 5.92 Å². The lowest BCUT2D eigenvalue weighted by Gasteiger charge is -2.21. The average molecular weight is 371 g/mol. The van der Waals surface area contributed by atoms with E-state index < -0.39 is 0 Å². The first-order chi connectivity index (χ1) is 8.31. The normalized spacial score (nSPS) is 19.8. The first-order valence-corrected chi connectivity index (χ1v) is 6.34. The molecule has 108 valence electrons. The van der Waals surface area contributed by atoms with Crippen LogP contribution in [0.1, 0.15) is 13.3 Å². The van der Waals surface area contributed by atoms with Gasteiger partial charge in [-0.25, -0.2) is 0 Å². The summed E-state index contributed by atoms with van der Waals surface area (Å²) in [5, 5.41) is 3.32. The first kappa shape index (κ1) is 17.9. The summed E-state index contributed by atoms with van der Waals surface area (Å²) in [6, 6.07) is 0. The molecule has 6 heteroatoms. The maximum absolute atomic E-state index is 5.29. The number of halogens is 1. The zero-order valence-corrected chi connectivity index (χ0v) is 14.0. The molecule has 1 unspecified atom stereocenters. The van der Waals surface area contributed by atoms with Gasteiger partial charge in [-0.2, -0.15) is 0 Å². The molecule has 0 aromatic carbocycles. The summed E-state index contributed by atoms with van der Waals surface area (Å²) in [6.45, 7) is 7.23. The average Bonchev–Trinajstić information content (AvgIpc) is 2.78. The summed E-state index contributed by atoms with van der Waals surface area (Å²) in [6.07, 6.45) is 1.18. The molecule has 0 bridgehead atoms. The molecule has 0 saturated carbocycles. The highest BCUT2D eigenvalue weighted by Crippen LogP contribution is 2.16. The van der Waals surface area contributed by atoms with Crippen molar-refractivity contribution in [3.63, 3.8) is 0 Å². The Hall–Kier alpha value is -0.0800. The van der Waals surface area contributed by atoms with Gasteiger partial charge in [-0.15, -0.1) is 24.0 Å². The van der Waals surface area contributed by atoms with Crippen LogP contribution in [0.3, 0.4) is 0 Å². The molecule has 1 aliphatic rings. The number of likely N-dealkylation sites (tertiary alicyclic amines) is 1. The zero-order valence-electron chi connectivity index (χ0n) is 11.6. The van der Waals surface area contributed by atoms with Crippen LogP contribution in [0.25, 0.3) is 0 Å². The molecule has 1 atom stereocenters. The quantitative estimate of drug-likeness (QED) is 0.330. The third kappa shape index (κ3) is 6.19. The van der Waals surface area contributed by atoms with Crippen molar-refractivity contribution in [3.05, 3.63) is 0 Å². The van der Waals surface area contributed by atoms with Crippen LogP contribution in [0.15, 0.2) is 4.99 Å². The molecule has 0 aromatic heterocycles. The van der Waals surface area contributed by atoms with Gasteiger partial charge in [0.25, 0.3) is 0 Å². The molecule has 1 fully saturated rings. The Balaban J connectivity index is 0.00000289. The standard InChI is InChI=1S/C12H25N3O2.HI/c1-4-17-8-6-14-12(13-2)15-7-5-11(9-15)10-16-3;/h11H,4-10H2,1-3H3,(H,13,14);1H. The van der Waals surface area contributed by atoms with E-state index >= 15 is 0 Å². The molecule has 1 N–H and O–H groups in total. The van der Waals surface area contributed by atoms with E-state index in [9.17, 15) is 0 Å². The van der Waals surface area contributed by atoms with Crippen LogP contribution >= 0.6 is 24.0 Å². The van der Waals surface area contributed by atoms with E-state index in [1.54, 1.807) is 7.11 Å². The van der Waals surface area contributed by atoms with Gasteiger partial charge >= 0.3 is 0 Å². The summed E-state index contributed by atoms with van der Waals surface area (Å²) in [7, 11) is 3.59. The number of ether oxygens (including phenoxy) is 2. The molecule has 0 radical (unpaired) electrons. The van der Waals surface area contributed by atoms with Crippen LogP contribution in [0.2, 0.25) is 0 Å². The van der Waals surface area contributed by atoms with Crippen molar-refractivity contribution in [1.82, 2.24) is 10.2 Å². The van der Waals surface area contributed by atoms with Gasteiger partial charge in [-0.1, -0.05) is 0 Å². The Morgan fingerprint density at radius 1 is 1.50 bits per heavy atom. The second kappa shape index (κ2) is 10.8. The number of nitrogens with one attached hydrogen (secondary N) is 1. The predicted molar refractivity (Wildman–Crippen MR) is 84.8 cm³/mol. The Bertz CT molecular complexity index is 239. The maximum atomic E-state index is 5.29. The molecule has 1 aliphatic heterocycles. The fourth-order valence-electron chi connectivity index (χ4n) is 2.11. The van der Waals surface area contributed by atoms with Crippen molar-refractivity contribution in [2.24, 2.45) is 10.9 Å². The lowest BCUT2D eigenvalue weighted by Crippen LogP contribution is -2.41. The fraction of sp³-hybridized carbons (Fsp3) is 0.917. The number of methoxy groups -OCH3 is 1. The molecule has 18 heavy (non-hydrogen) atoms. The van der Waals surface area contributed by atoms with Gasteiger partial charge in [-0.3, -0.25) is 4.99 Å². The molecule has 1 rings (SSSR count). The Kier molecular flexibility index (Phi) is 10.8. The maximum Gasteiger partial charge on any atom is 0.193 e. The van der Waals surface area contributed by atoms with Crippen molar-refractivity contribution in [2.75, 3.05) is 53.6 Å². The Labute approximate surface area is 127 Å². The van der Waals surface area contributed by atoms with Gasteiger partial charge in [-0.05, 0) is 13.3 Å². The lowest BCUT2D eigenvalue weighted by molar-refractivity contribution is 0.151. The SMILES string of the molecule is CCOCCNC(=NC)N1CCC(COC)C1.I. The topological polar surface area (TPSA) is 46.1 Å². The monoisotopic (exact) mass is 371 g/mol. The molecular weight excluding hydrogens is 345 g/mol. The van der Waals surface area contributed by atoms with Crippen molar-refractivity contribution >= 4 is 29.9 Å². The van der Waals surface area contributed by atoms with Crippen LogP contribution in [-0.2, 0) is 9.47 Å². The van der Waals surface area contributed by atoms with E-state index in [4.69, 9.17) is 9.47 Å². The summed E-state index contributed by atoms with van der Waals surface area (Å²) in [5.74, 6) is 1.61. The van der Waals surface area contributed by atoms with Gasteiger partial charge < -0.3 is 19.7 Å². The number of aliphatic imine (C=N–C) groups is 1. The van der Waals surface area contributed by atoms with Gasteiger partial charge in [0.1, 0.15) is 0 Å².